The first-order valence-corrected chi connectivity index (χ1v) is 7.82. The average Bonchev–Trinajstić information content (AvgIpc) is 3.01. The van der Waals surface area contributed by atoms with Crippen LogP contribution in [-0.4, -0.2) is 29.3 Å². The Balaban J connectivity index is 0.000000328. The molecule has 2 aromatic rings. The van der Waals surface area contributed by atoms with Gasteiger partial charge >= 0.3 is 3.98 Å². The van der Waals surface area contributed by atoms with Crippen LogP contribution in [0.15, 0.2) is 12.1 Å². The van der Waals surface area contributed by atoms with E-state index in [9.17, 15) is 10.2 Å². The summed E-state index contributed by atoms with van der Waals surface area (Å²) in [6, 6.07) is 3.10. The number of aromatic hydroxyl groups is 2. The monoisotopic (exact) mass is 313 g/mol. The number of hydrogen-bond donors (Lipinski definition) is 2. The molecule has 1 saturated heterocycles. The molecule has 0 aliphatic carbocycles. The van der Waals surface area contributed by atoms with Gasteiger partial charge in [-0.1, -0.05) is 22.7 Å². The van der Waals surface area contributed by atoms with E-state index >= 15 is 0 Å². The summed E-state index contributed by atoms with van der Waals surface area (Å²) < 4.78 is 5.11. The molecule has 1 aromatic carbocycles. The Morgan fingerprint density at radius 2 is 1.55 bits per heavy atom. The van der Waals surface area contributed by atoms with Crippen LogP contribution in [0.1, 0.15) is 19.8 Å². The highest BCUT2D eigenvalue weighted by molar-refractivity contribution is 7.36. The SMILES string of the molecule is CC(=O)[O-].Oc1ccc(O)c2sc(=[N+]3CCCC3)sc12. The van der Waals surface area contributed by atoms with Crippen molar-refractivity contribution in [1.29, 1.82) is 0 Å². The van der Waals surface area contributed by atoms with Crippen LogP contribution in [0.3, 0.4) is 0 Å². The number of benzene rings is 1. The molecule has 7 heteroatoms. The van der Waals surface area contributed by atoms with E-state index in [1.807, 2.05) is 0 Å². The van der Waals surface area contributed by atoms with Crippen molar-refractivity contribution in [1.82, 2.24) is 4.58 Å². The van der Waals surface area contributed by atoms with Gasteiger partial charge in [-0.05, 0) is 19.1 Å². The fourth-order valence-corrected chi connectivity index (χ4v) is 4.59. The molecule has 0 saturated carbocycles. The van der Waals surface area contributed by atoms with Crippen LogP contribution in [0.4, 0.5) is 0 Å². The number of rotatable bonds is 0. The number of nitrogens with zero attached hydrogens (tertiary/aromatic N) is 1. The lowest BCUT2D eigenvalue weighted by molar-refractivity contribution is -0.302. The maximum atomic E-state index is 9.74. The van der Waals surface area contributed by atoms with Crippen molar-refractivity contribution in [3.05, 3.63) is 16.1 Å². The van der Waals surface area contributed by atoms with E-state index in [2.05, 4.69) is 4.58 Å². The second-order valence-corrected chi connectivity index (χ2v) is 6.67. The molecule has 0 spiro atoms. The van der Waals surface area contributed by atoms with E-state index in [0.717, 1.165) is 29.4 Å². The minimum Gasteiger partial charge on any atom is -0.550 e. The van der Waals surface area contributed by atoms with E-state index in [4.69, 9.17) is 9.90 Å². The van der Waals surface area contributed by atoms with Gasteiger partial charge in [0.2, 0.25) is 0 Å². The zero-order valence-electron chi connectivity index (χ0n) is 11.0. The maximum Gasteiger partial charge on any atom is 0.315 e. The van der Waals surface area contributed by atoms with Gasteiger partial charge in [0, 0.05) is 18.8 Å². The third-order valence-corrected chi connectivity index (χ3v) is 5.54. The molecular formula is C13H15NO4S2. The fraction of sp³-hybridized carbons (Fsp3) is 0.385. The molecule has 20 heavy (non-hydrogen) atoms. The van der Waals surface area contributed by atoms with Crippen molar-refractivity contribution >= 4 is 38.0 Å². The fourth-order valence-electron chi connectivity index (χ4n) is 1.96. The normalized spacial score (nSPS) is 14.2. The Hall–Kier alpha value is -1.60. The molecule has 3 rings (SSSR count). The minimum atomic E-state index is -1.08. The Bertz CT molecular complexity index is 648. The van der Waals surface area contributed by atoms with Crippen LogP contribution in [0.2, 0.25) is 0 Å². The van der Waals surface area contributed by atoms with Gasteiger partial charge in [0.25, 0.3) is 0 Å². The van der Waals surface area contributed by atoms with E-state index in [1.165, 1.54) is 16.8 Å². The number of carboxylic acids is 1. The van der Waals surface area contributed by atoms with Crippen molar-refractivity contribution in [2.24, 2.45) is 0 Å². The minimum absolute atomic E-state index is 0.263. The molecule has 5 nitrogen and oxygen atoms in total. The Kier molecular flexibility index (Phi) is 4.61. The molecule has 0 atom stereocenters. The molecule has 0 unspecified atom stereocenters. The van der Waals surface area contributed by atoms with Gasteiger partial charge in [0.15, 0.2) is 0 Å². The molecule has 108 valence electrons. The molecule has 0 radical (unpaired) electrons. The van der Waals surface area contributed by atoms with Gasteiger partial charge in [0.1, 0.15) is 24.6 Å². The number of aliphatic carboxylic acids is 1. The molecule has 1 aliphatic heterocycles. The number of carboxylic acid groups (broad SMARTS) is 1. The van der Waals surface area contributed by atoms with E-state index < -0.39 is 5.97 Å². The van der Waals surface area contributed by atoms with Crippen LogP contribution < -0.4 is 13.7 Å². The van der Waals surface area contributed by atoms with Gasteiger partial charge in [-0.25, -0.2) is 4.58 Å². The standard InChI is InChI=1S/C11H11NO2S2.C2H4O2/c13-7-3-4-8(14)10-9(7)15-11(16-10)12-5-1-2-6-12;1-2(3)4/h3-4H,1-2,5-6H2,(H-,13,14);1H3,(H,3,4). The quantitative estimate of drug-likeness (QED) is 0.554. The summed E-state index contributed by atoms with van der Waals surface area (Å²) in [7, 11) is 0. The predicted molar refractivity (Wildman–Crippen MR) is 77.9 cm³/mol. The average molecular weight is 313 g/mol. The van der Waals surface area contributed by atoms with Gasteiger partial charge in [0.05, 0.1) is 9.40 Å². The van der Waals surface area contributed by atoms with Gasteiger partial charge in [-0.3, -0.25) is 0 Å². The van der Waals surface area contributed by atoms with Crippen molar-refractivity contribution in [3.8, 4) is 11.5 Å². The number of carbonyl (C=O) groups is 1. The number of phenolic OH excluding ortho intramolecular Hbond substituents is 2. The first-order chi connectivity index (χ1) is 9.49. The summed E-state index contributed by atoms with van der Waals surface area (Å²) in [6.07, 6.45) is 2.47. The molecule has 0 bridgehead atoms. The van der Waals surface area contributed by atoms with Crippen LogP contribution in [-0.2, 0) is 4.79 Å². The zero-order valence-corrected chi connectivity index (χ0v) is 12.6. The lowest BCUT2D eigenvalue weighted by Gasteiger charge is -1.94. The Morgan fingerprint density at radius 1 is 1.15 bits per heavy atom. The van der Waals surface area contributed by atoms with Gasteiger partial charge in [-0.15, -0.1) is 0 Å². The van der Waals surface area contributed by atoms with Crippen LogP contribution in [0, 0.1) is 0 Å². The molecule has 2 N–H and O–H groups in total. The molecule has 0 amide bonds. The summed E-state index contributed by atoms with van der Waals surface area (Å²) in [5.74, 6) is -0.556. The van der Waals surface area contributed by atoms with Gasteiger partial charge in [-0.2, -0.15) is 0 Å². The number of carbonyl (C=O) groups excluding carboxylic acids is 1. The largest absolute Gasteiger partial charge is 0.550 e. The van der Waals surface area contributed by atoms with Crippen LogP contribution in [0.25, 0.3) is 9.40 Å². The molecular weight excluding hydrogens is 298 g/mol. The second-order valence-electron chi connectivity index (χ2n) is 4.42. The first-order valence-electron chi connectivity index (χ1n) is 6.19. The van der Waals surface area contributed by atoms with E-state index in [1.54, 1.807) is 34.8 Å². The third kappa shape index (κ3) is 3.29. The smallest absolute Gasteiger partial charge is 0.315 e. The van der Waals surface area contributed by atoms with E-state index in [0.29, 0.717) is 0 Å². The van der Waals surface area contributed by atoms with Crippen molar-refractivity contribution in [3.63, 3.8) is 0 Å². The molecule has 1 aliphatic rings. The zero-order chi connectivity index (χ0) is 14.7. The second kappa shape index (κ2) is 6.23. The summed E-state index contributed by atoms with van der Waals surface area (Å²) in [6.45, 7) is 3.15. The van der Waals surface area contributed by atoms with Crippen LogP contribution >= 0.6 is 22.7 Å². The Morgan fingerprint density at radius 3 is 1.95 bits per heavy atom. The molecule has 2 heterocycles. The van der Waals surface area contributed by atoms with Crippen molar-refractivity contribution in [2.75, 3.05) is 13.1 Å². The lowest BCUT2D eigenvalue weighted by Crippen LogP contribution is -2.21. The van der Waals surface area contributed by atoms with Crippen molar-refractivity contribution in [2.45, 2.75) is 19.8 Å². The van der Waals surface area contributed by atoms with Crippen LogP contribution in [0.5, 0.6) is 11.5 Å². The Labute approximate surface area is 123 Å². The summed E-state index contributed by atoms with van der Waals surface area (Å²) in [4.78, 5) is 8.89. The summed E-state index contributed by atoms with van der Waals surface area (Å²) in [5.41, 5.74) is 0. The highest BCUT2D eigenvalue weighted by atomic mass is 32.2. The number of fused-ring (bicyclic) bond motifs is 1. The first kappa shape index (κ1) is 14.8. The topological polar surface area (TPSA) is 83.6 Å². The molecule has 1 aromatic heterocycles. The van der Waals surface area contributed by atoms with Crippen molar-refractivity contribution < 1.29 is 20.1 Å². The summed E-state index contributed by atoms with van der Waals surface area (Å²) >= 11 is 3.14. The number of hydrogen-bond acceptors (Lipinski definition) is 6. The predicted octanol–water partition coefficient (Wildman–Crippen LogP) is 0.696. The third-order valence-electron chi connectivity index (χ3n) is 2.81. The van der Waals surface area contributed by atoms with E-state index in [-0.39, 0.29) is 11.5 Å². The number of phenols is 2. The maximum absolute atomic E-state index is 9.74. The molecule has 1 fully saturated rings. The highest BCUT2D eigenvalue weighted by Gasteiger charge is 2.18. The lowest BCUT2D eigenvalue weighted by atomic mass is 10.3. The van der Waals surface area contributed by atoms with Gasteiger partial charge < -0.3 is 20.1 Å². The highest BCUT2D eigenvalue weighted by Crippen LogP contribution is 2.36. The summed E-state index contributed by atoms with van der Waals surface area (Å²) in [5, 5.41) is 28.4.